The Morgan fingerprint density at radius 3 is 2.70 bits per heavy atom. The molecule has 2 aromatic heterocycles. The van der Waals surface area contributed by atoms with Crippen LogP contribution < -0.4 is 0 Å². The third kappa shape index (κ3) is 2.52. The lowest BCUT2D eigenvalue weighted by atomic mass is 10.2. The largest absolute Gasteiger partial charge is 0.242 e. The first-order valence-corrected chi connectivity index (χ1v) is 6.92. The lowest BCUT2D eigenvalue weighted by molar-refractivity contribution is 0.628. The molecule has 0 radical (unpaired) electrons. The van der Waals surface area contributed by atoms with Crippen LogP contribution in [-0.4, -0.2) is 20.2 Å². The van der Waals surface area contributed by atoms with Crippen LogP contribution in [0.5, 0.6) is 0 Å². The lowest BCUT2D eigenvalue weighted by Gasteiger charge is -1.97. The van der Waals surface area contributed by atoms with Gasteiger partial charge in [0.15, 0.2) is 5.01 Å². The normalized spacial score (nSPS) is 10.8. The van der Waals surface area contributed by atoms with Crippen molar-refractivity contribution < 1.29 is 4.39 Å². The van der Waals surface area contributed by atoms with Crippen LogP contribution in [0.2, 0.25) is 5.02 Å². The highest BCUT2D eigenvalue weighted by atomic mass is 35.5. The van der Waals surface area contributed by atoms with E-state index in [2.05, 4.69) is 20.2 Å². The highest BCUT2D eigenvalue weighted by Gasteiger charge is 2.11. The first-order valence-electron chi connectivity index (χ1n) is 5.72. The summed E-state index contributed by atoms with van der Waals surface area (Å²) in [6.45, 7) is 1.81. The molecule has 0 aliphatic heterocycles. The van der Waals surface area contributed by atoms with Crippen LogP contribution >= 0.6 is 22.9 Å². The molecule has 0 atom stereocenters. The van der Waals surface area contributed by atoms with E-state index in [0.717, 1.165) is 11.3 Å². The summed E-state index contributed by atoms with van der Waals surface area (Å²) in [5.74, 6) is 0.218. The van der Waals surface area contributed by atoms with Crippen molar-refractivity contribution in [2.75, 3.05) is 0 Å². The van der Waals surface area contributed by atoms with E-state index in [9.17, 15) is 4.39 Å². The number of nitrogens with zero attached hydrogens (tertiary/aromatic N) is 4. The number of benzene rings is 1. The average Bonchev–Trinajstić information content (AvgIpc) is 2.92. The van der Waals surface area contributed by atoms with E-state index in [1.807, 2.05) is 6.92 Å². The Kier molecular flexibility index (Phi) is 3.42. The smallest absolute Gasteiger partial charge is 0.166 e. The predicted molar refractivity (Wildman–Crippen MR) is 76.1 cm³/mol. The second-order valence-corrected chi connectivity index (χ2v) is 5.42. The van der Waals surface area contributed by atoms with E-state index in [0.29, 0.717) is 15.8 Å². The van der Waals surface area contributed by atoms with E-state index in [4.69, 9.17) is 11.6 Å². The molecule has 0 saturated carbocycles. The van der Waals surface area contributed by atoms with Crippen molar-refractivity contribution in [3.05, 3.63) is 47.1 Å². The molecule has 100 valence electrons. The fourth-order valence-electron chi connectivity index (χ4n) is 1.65. The number of hydrogen-bond donors (Lipinski definition) is 0. The highest BCUT2D eigenvalue weighted by Crippen LogP contribution is 2.30. The molecule has 2 heterocycles. The molecule has 0 saturated heterocycles. The zero-order chi connectivity index (χ0) is 14.1. The minimum absolute atomic E-state index is 0.0668. The monoisotopic (exact) mass is 306 g/mol. The molecular weight excluding hydrogens is 299 g/mol. The lowest BCUT2D eigenvalue weighted by Crippen LogP contribution is -1.88. The van der Waals surface area contributed by atoms with Crippen LogP contribution in [-0.2, 0) is 0 Å². The van der Waals surface area contributed by atoms with E-state index in [-0.39, 0.29) is 5.02 Å². The van der Waals surface area contributed by atoms with Gasteiger partial charge in [0, 0.05) is 11.8 Å². The maximum absolute atomic E-state index is 13.1. The van der Waals surface area contributed by atoms with Crippen molar-refractivity contribution in [3.8, 4) is 21.3 Å². The summed E-state index contributed by atoms with van der Waals surface area (Å²) in [4.78, 5) is 8.33. The highest BCUT2D eigenvalue weighted by molar-refractivity contribution is 7.17. The van der Waals surface area contributed by atoms with Gasteiger partial charge in [0.1, 0.15) is 22.3 Å². The summed E-state index contributed by atoms with van der Waals surface area (Å²) in [6, 6.07) is 6.24. The van der Waals surface area contributed by atoms with Crippen molar-refractivity contribution in [1.82, 2.24) is 20.2 Å². The summed E-state index contributed by atoms with van der Waals surface area (Å²) in [7, 11) is 0. The Morgan fingerprint density at radius 1 is 1.15 bits per heavy atom. The molecule has 7 heteroatoms. The molecule has 0 unspecified atom stereocenters. The molecule has 20 heavy (non-hydrogen) atoms. The average molecular weight is 307 g/mol. The van der Waals surface area contributed by atoms with Gasteiger partial charge in [-0.05, 0) is 31.2 Å². The quantitative estimate of drug-likeness (QED) is 0.723. The van der Waals surface area contributed by atoms with Gasteiger partial charge in [-0.2, -0.15) is 0 Å². The van der Waals surface area contributed by atoms with Crippen LogP contribution in [0.1, 0.15) is 5.82 Å². The second-order valence-electron chi connectivity index (χ2n) is 4.03. The summed E-state index contributed by atoms with van der Waals surface area (Å²) >= 11 is 7.14. The van der Waals surface area contributed by atoms with Gasteiger partial charge >= 0.3 is 0 Å². The van der Waals surface area contributed by atoms with Crippen molar-refractivity contribution in [2.45, 2.75) is 6.92 Å². The Hall–Kier alpha value is -1.92. The maximum atomic E-state index is 13.1. The van der Waals surface area contributed by atoms with Crippen molar-refractivity contribution >= 4 is 22.9 Å². The molecular formula is C13H8ClFN4S. The number of rotatable bonds is 2. The van der Waals surface area contributed by atoms with Gasteiger partial charge in [0.2, 0.25) is 0 Å². The first-order chi connectivity index (χ1) is 9.63. The van der Waals surface area contributed by atoms with Crippen molar-refractivity contribution in [2.24, 2.45) is 0 Å². The summed E-state index contributed by atoms with van der Waals surface area (Å²) in [5, 5.41) is 9.61. The Morgan fingerprint density at radius 2 is 1.95 bits per heavy atom. The predicted octanol–water partition coefficient (Wildman–Crippen LogP) is 3.76. The molecule has 3 rings (SSSR count). The second kappa shape index (κ2) is 5.22. The van der Waals surface area contributed by atoms with Gasteiger partial charge in [-0.1, -0.05) is 22.9 Å². The van der Waals surface area contributed by atoms with Gasteiger partial charge in [-0.25, -0.2) is 14.4 Å². The van der Waals surface area contributed by atoms with Crippen LogP contribution in [0, 0.1) is 12.7 Å². The van der Waals surface area contributed by atoms with Crippen LogP contribution in [0.25, 0.3) is 21.3 Å². The van der Waals surface area contributed by atoms with E-state index in [1.54, 1.807) is 18.3 Å². The minimum Gasteiger partial charge on any atom is -0.242 e. The van der Waals surface area contributed by atoms with E-state index in [1.165, 1.54) is 23.5 Å². The van der Waals surface area contributed by atoms with Crippen molar-refractivity contribution in [3.63, 3.8) is 0 Å². The fraction of sp³-hybridized carbons (Fsp3) is 0.0769. The summed E-state index contributed by atoms with van der Waals surface area (Å²) in [6.07, 6.45) is 1.67. The zero-order valence-electron chi connectivity index (χ0n) is 10.3. The van der Waals surface area contributed by atoms with Crippen molar-refractivity contribution in [1.29, 1.82) is 0 Å². The molecule has 0 fully saturated rings. The van der Waals surface area contributed by atoms with Gasteiger partial charge in [-0.3, -0.25) is 0 Å². The third-order valence-electron chi connectivity index (χ3n) is 2.59. The molecule has 0 aliphatic rings. The standard InChI is InChI=1S/C13H8ClFN4S/c1-7-16-5-4-11(17-7)13-19-18-12(20-13)8-2-3-10(15)9(14)6-8/h2-6H,1H3. The molecule has 3 aromatic rings. The SMILES string of the molecule is Cc1nccc(-c2nnc(-c3ccc(F)c(Cl)c3)s2)n1. The molecule has 4 nitrogen and oxygen atoms in total. The van der Waals surface area contributed by atoms with Gasteiger partial charge < -0.3 is 0 Å². The molecule has 0 aliphatic carbocycles. The van der Waals surface area contributed by atoms with Crippen LogP contribution in [0.3, 0.4) is 0 Å². The molecule has 0 N–H and O–H groups in total. The fourth-order valence-corrected chi connectivity index (χ4v) is 2.64. The van der Waals surface area contributed by atoms with Gasteiger partial charge in [-0.15, -0.1) is 10.2 Å². The Balaban J connectivity index is 1.99. The number of aryl methyl sites for hydroxylation is 1. The molecule has 0 spiro atoms. The van der Waals surface area contributed by atoms with Gasteiger partial charge in [0.05, 0.1) is 5.02 Å². The van der Waals surface area contributed by atoms with Crippen LogP contribution in [0.4, 0.5) is 4.39 Å². The minimum atomic E-state index is -0.452. The molecule has 1 aromatic carbocycles. The van der Waals surface area contributed by atoms with Crippen LogP contribution in [0.15, 0.2) is 30.5 Å². The number of halogens is 2. The Labute approximate surface area is 123 Å². The summed E-state index contributed by atoms with van der Waals surface area (Å²) < 4.78 is 13.1. The van der Waals surface area contributed by atoms with Gasteiger partial charge in [0.25, 0.3) is 0 Å². The third-order valence-corrected chi connectivity index (χ3v) is 3.87. The summed E-state index contributed by atoms with van der Waals surface area (Å²) in [5.41, 5.74) is 1.44. The number of aromatic nitrogens is 4. The number of hydrogen-bond acceptors (Lipinski definition) is 5. The van der Waals surface area contributed by atoms with E-state index < -0.39 is 5.82 Å². The Bertz CT molecular complexity index is 775. The zero-order valence-corrected chi connectivity index (χ0v) is 11.9. The maximum Gasteiger partial charge on any atom is 0.166 e. The van der Waals surface area contributed by atoms with E-state index >= 15 is 0 Å². The first kappa shape index (κ1) is 13.1. The molecule has 0 amide bonds. The molecule has 0 bridgehead atoms. The topological polar surface area (TPSA) is 51.6 Å².